The Hall–Kier alpha value is -2.45. The van der Waals surface area contributed by atoms with Gasteiger partial charge in [0.25, 0.3) is 11.8 Å². The number of hydrogen-bond donors (Lipinski definition) is 2. The van der Waals surface area contributed by atoms with Crippen molar-refractivity contribution in [3.63, 3.8) is 0 Å². The van der Waals surface area contributed by atoms with Gasteiger partial charge in [-0.15, -0.1) is 11.3 Å². The first-order chi connectivity index (χ1) is 13.5. The van der Waals surface area contributed by atoms with E-state index in [0.717, 1.165) is 46.2 Å². The lowest BCUT2D eigenvalue weighted by atomic mass is 9.95. The van der Waals surface area contributed by atoms with Crippen LogP contribution in [0.4, 0.5) is 5.00 Å². The highest BCUT2D eigenvalue weighted by atomic mass is 79.9. The summed E-state index contributed by atoms with van der Waals surface area (Å²) < 4.78 is 2.74. The van der Waals surface area contributed by atoms with E-state index < -0.39 is 5.91 Å². The number of nitrogens with two attached hydrogens (primary N) is 1. The number of carbonyl (C=O) groups is 2. The van der Waals surface area contributed by atoms with Crippen LogP contribution in [0.5, 0.6) is 0 Å². The first-order valence-electron chi connectivity index (χ1n) is 9.04. The van der Waals surface area contributed by atoms with Gasteiger partial charge in [-0.2, -0.15) is 5.10 Å². The molecule has 0 saturated heterocycles. The molecule has 0 fully saturated rings. The van der Waals surface area contributed by atoms with Crippen molar-refractivity contribution in [2.75, 3.05) is 5.32 Å². The number of rotatable bonds is 5. The maximum absolute atomic E-state index is 12.7. The zero-order valence-corrected chi connectivity index (χ0v) is 17.5. The van der Waals surface area contributed by atoms with E-state index in [4.69, 9.17) is 5.73 Å². The van der Waals surface area contributed by atoms with Gasteiger partial charge in [0.1, 0.15) is 5.00 Å². The van der Waals surface area contributed by atoms with Crippen LogP contribution in [0.3, 0.4) is 0 Å². The highest BCUT2D eigenvalue weighted by Crippen LogP contribution is 2.38. The quantitative estimate of drug-likeness (QED) is 0.605. The number of primary amides is 1. The minimum Gasteiger partial charge on any atom is -0.365 e. The van der Waals surface area contributed by atoms with Crippen molar-refractivity contribution in [2.45, 2.75) is 32.2 Å². The van der Waals surface area contributed by atoms with Crippen LogP contribution in [0.1, 0.15) is 49.6 Å². The Bertz CT molecular complexity index is 1040. The van der Waals surface area contributed by atoms with Crippen molar-refractivity contribution in [1.29, 1.82) is 0 Å². The smallest absolute Gasteiger partial charge is 0.256 e. The number of nitrogens with one attached hydrogen (secondary N) is 1. The van der Waals surface area contributed by atoms with Crippen molar-refractivity contribution in [3.8, 4) is 0 Å². The Morgan fingerprint density at radius 3 is 2.64 bits per heavy atom. The number of anilines is 1. The molecule has 6 nitrogen and oxygen atoms in total. The van der Waals surface area contributed by atoms with Crippen LogP contribution in [0.2, 0.25) is 0 Å². The fraction of sp³-hybridized carbons (Fsp3) is 0.250. The molecule has 2 heterocycles. The number of halogens is 1. The molecule has 0 bridgehead atoms. The van der Waals surface area contributed by atoms with Crippen LogP contribution in [-0.4, -0.2) is 21.6 Å². The zero-order chi connectivity index (χ0) is 19.7. The summed E-state index contributed by atoms with van der Waals surface area (Å²) in [5.74, 6) is -0.718. The molecule has 3 aromatic rings. The lowest BCUT2D eigenvalue weighted by molar-refractivity contribution is 0.100. The van der Waals surface area contributed by atoms with Crippen LogP contribution in [0, 0.1) is 0 Å². The Kier molecular flexibility index (Phi) is 5.32. The molecule has 0 spiro atoms. The number of aryl methyl sites for hydroxylation is 1. The van der Waals surface area contributed by atoms with Gasteiger partial charge in [-0.3, -0.25) is 14.3 Å². The molecular formula is C20H19BrN4O2S. The summed E-state index contributed by atoms with van der Waals surface area (Å²) in [5.41, 5.74) is 8.66. The van der Waals surface area contributed by atoms with E-state index in [-0.39, 0.29) is 5.91 Å². The van der Waals surface area contributed by atoms with Gasteiger partial charge in [0, 0.05) is 16.6 Å². The lowest BCUT2D eigenvalue weighted by Crippen LogP contribution is -2.18. The summed E-state index contributed by atoms with van der Waals surface area (Å²) in [5, 5.41) is 7.69. The summed E-state index contributed by atoms with van der Waals surface area (Å²) in [7, 11) is 0. The summed E-state index contributed by atoms with van der Waals surface area (Å²) in [6.45, 7) is 0.622. The second kappa shape index (κ2) is 7.89. The predicted molar refractivity (Wildman–Crippen MR) is 113 cm³/mol. The van der Waals surface area contributed by atoms with Gasteiger partial charge in [-0.1, -0.05) is 12.1 Å². The van der Waals surface area contributed by atoms with Crippen molar-refractivity contribution < 1.29 is 9.59 Å². The van der Waals surface area contributed by atoms with E-state index in [9.17, 15) is 9.59 Å². The van der Waals surface area contributed by atoms with Crippen molar-refractivity contribution >= 4 is 44.1 Å². The predicted octanol–water partition coefficient (Wildman–Crippen LogP) is 3.99. The van der Waals surface area contributed by atoms with E-state index in [1.54, 1.807) is 18.3 Å². The molecule has 28 heavy (non-hydrogen) atoms. The molecule has 1 aromatic carbocycles. The third-order valence-electron chi connectivity index (χ3n) is 4.81. The van der Waals surface area contributed by atoms with E-state index in [1.807, 2.05) is 23.0 Å². The molecular weight excluding hydrogens is 440 g/mol. The number of hydrogen-bond acceptors (Lipinski definition) is 4. The SMILES string of the molecule is NC(=O)c1c(NC(=O)c2ccc(Cn3cc(Br)cn3)cc2)sc2c1CCCC2. The summed E-state index contributed by atoms with van der Waals surface area (Å²) in [6, 6.07) is 7.36. The molecule has 0 radical (unpaired) electrons. The summed E-state index contributed by atoms with van der Waals surface area (Å²) >= 11 is 4.85. The molecule has 0 atom stereocenters. The average Bonchev–Trinajstić information content (AvgIpc) is 3.24. The molecule has 0 unspecified atom stereocenters. The van der Waals surface area contributed by atoms with Crippen molar-refractivity contribution in [3.05, 3.63) is 68.3 Å². The van der Waals surface area contributed by atoms with Crippen LogP contribution < -0.4 is 11.1 Å². The largest absolute Gasteiger partial charge is 0.365 e. The van der Waals surface area contributed by atoms with Gasteiger partial charge >= 0.3 is 0 Å². The van der Waals surface area contributed by atoms with Crippen LogP contribution in [-0.2, 0) is 19.4 Å². The highest BCUT2D eigenvalue weighted by molar-refractivity contribution is 9.10. The van der Waals surface area contributed by atoms with Gasteiger partial charge in [0.05, 0.1) is 22.8 Å². The van der Waals surface area contributed by atoms with E-state index in [0.29, 0.717) is 22.7 Å². The molecule has 144 valence electrons. The van der Waals surface area contributed by atoms with Crippen molar-refractivity contribution in [2.24, 2.45) is 5.73 Å². The number of fused-ring (bicyclic) bond motifs is 1. The van der Waals surface area contributed by atoms with Crippen molar-refractivity contribution in [1.82, 2.24) is 9.78 Å². The molecule has 2 aromatic heterocycles. The monoisotopic (exact) mass is 458 g/mol. The number of thiophene rings is 1. The fourth-order valence-electron chi connectivity index (χ4n) is 3.46. The van der Waals surface area contributed by atoms with Gasteiger partial charge in [0.15, 0.2) is 0 Å². The van der Waals surface area contributed by atoms with E-state index >= 15 is 0 Å². The number of benzene rings is 1. The standard InChI is InChI=1S/C20H19BrN4O2S/c21-14-9-23-25(11-14)10-12-5-7-13(8-6-12)19(27)24-20-17(18(22)26)15-3-1-2-4-16(15)28-20/h5-9,11H,1-4,10H2,(H2,22,26)(H,24,27). The van der Waals surface area contributed by atoms with E-state index in [1.165, 1.54) is 11.3 Å². The molecule has 1 aliphatic rings. The molecule has 8 heteroatoms. The maximum atomic E-state index is 12.7. The van der Waals surface area contributed by atoms with Gasteiger partial charge in [-0.25, -0.2) is 0 Å². The normalized spacial score (nSPS) is 13.2. The minimum absolute atomic E-state index is 0.241. The Labute approximate surface area is 174 Å². The zero-order valence-electron chi connectivity index (χ0n) is 15.1. The van der Waals surface area contributed by atoms with Gasteiger partial charge in [-0.05, 0) is 64.9 Å². The minimum atomic E-state index is -0.476. The third-order valence-corrected chi connectivity index (χ3v) is 6.42. The molecule has 4 rings (SSSR count). The Morgan fingerprint density at radius 2 is 1.96 bits per heavy atom. The average molecular weight is 459 g/mol. The Balaban J connectivity index is 1.51. The summed E-state index contributed by atoms with van der Waals surface area (Å²) in [6.07, 6.45) is 7.56. The van der Waals surface area contributed by atoms with Crippen LogP contribution in [0.25, 0.3) is 0 Å². The Morgan fingerprint density at radius 1 is 1.21 bits per heavy atom. The first kappa shape index (κ1) is 18.9. The second-order valence-corrected chi connectivity index (χ2v) is 8.81. The fourth-order valence-corrected chi connectivity index (χ4v) is 5.08. The topological polar surface area (TPSA) is 90.0 Å². The number of carbonyl (C=O) groups excluding carboxylic acids is 2. The van der Waals surface area contributed by atoms with E-state index in [2.05, 4.69) is 26.3 Å². The molecule has 0 saturated carbocycles. The summed E-state index contributed by atoms with van der Waals surface area (Å²) in [4.78, 5) is 25.8. The maximum Gasteiger partial charge on any atom is 0.256 e. The number of aromatic nitrogens is 2. The second-order valence-electron chi connectivity index (χ2n) is 6.79. The van der Waals surface area contributed by atoms with Crippen LogP contribution >= 0.6 is 27.3 Å². The highest BCUT2D eigenvalue weighted by Gasteiger charge is 2.25. The van der Waals surface area contributed by atoms with Gasteiger partial charge < -0.3 is 11.1 Å². The number of amides is 2. The number of nitrogens with zero attached hydrogens (tertiary/aromatic N) is 2. The molecule has 1 aliphatic carbocycles. The third kappa shape index (κ3) is 3.88. The molecule has 2 amide bonds. The molecule has 3 N–H and O–H groups in total. The lowest BCUT2D eigenvalue weighted by Gasteiger charge is -2.11. The van der Waals surface area contributed by atoms with Crippen LogP contribution in [0.15, 0.2) is 41.1 Å². The first-order valence-corrected chi connectivity index (χ1v) is 10.6. The van der Waals surface area contributed by atoms with Gasteiger partial charge in [0.2, 0.25) is 0 Å². The molecule has 0 aliphatic heterocycles.